The highest BCUT2D eigenvalue weighted by Crippen LogP contribution is 2.38. The number of benzene rings is 2. The van der Waals surface area contributed by atoms with Crippen LogP contribution in [0.2, 0.25) is 0 Å². The van der Waals surface area contributed by atoms with Crippen molar-refractivity contribution in [1.82, 2.24) is 0 Å². The van der Waals surface area contributed by atoms with E-state index in [0.29, 0.717) is 13.2 Å². The lowest BCUT2D eigenvalue weighted by atomic mass is 10.1. The van der Waals surface area contributed by atoms with Gasteiger partial charge in [0.1, 0.15) is 13.2 Å². The Morgan fingerprint density at radius 1 is 1.00 bits per heavy atom. The summed E-state index contributed by atoms with van der Waals surface area (Å²) in [6, 6.07) is 12.6. The molecule has 110 valence electrons. The normalized spacial score (nSPS) is 13.0. The molecule has 0 unspecified atom stereocenters. The van der Waals surface area contributed by atoms with Gasteiger partial charge >= 0.3 is 0 Å². The highest BCUT2D eigenvalue weighted by molar-refractivity contribution is 9.10. The Balaban J connectivity index is 1.72. The average molecular weight is 348 g/mol. The number of hydrogen-bond acceptors (Lipinski definition) is 3. The Morgan fingerprint density at radius 3 is 2.29 bits per heavy atom. The quantitative estimate of drug-likeness (QED) is 0.889. The fourth-order valence-corrected chi connectivity index (χ4v) is 2.75. The maximum absolute atomic E-state index is 5.62. The third-order valence-corrected chi connectivity index (χ3v) is 4.20. The third kappa shape index (κ3) is 3.32. The molecule has 3 nitrogen and oxygen atoms in total. The topological polar surface area (TPSA) is 30.5 Å². The van der Waals surface area contributed by atoms with Crippen molar-refractivity contribution >= 4 is 21.6 Å². The summed E-state index contributed by atoms with van der Waals surface area (Å²) >= 11 is 3.57. The molecule has 0 aromatic heterocycles. The third-order valence-electron chi connectivity index (χ3n) is 3.55. The summed E-state index contributed by atoms with van der Waals surface area (Å²) < 4.78 is 12.2. The number of anilines is 1. The van der Waals surface area contributed by atoms with Gasteiger partial charge in [0.15, 0.2) is 11.5 Å². The molecule has 0 aliphatic carbocycles. The minimum absolute atomic E-state index is 0.604. The van der Waals surface area contributed by atoms with Crippen LogP contribution in [0, 0.1) is 0 Å². The highest BCUT2D eigenvalue weighted by atomic mass is 79.9. The zero-order chi connectivity index (χ0) is 14.7. The summed E-state index contributed by atoms with van der Waals surface area (Å²) in [5, 5.41) is 3.43. The van der Waals surface area contributed by atoms with E-state index in [0.717, 1.165) is 34.6 Å². The second-order valence-corrected chi connectivity index (χ2v) is 5.85. The molecule has 1 heterocycles. The molecule has 3 rings (SSSR count). The lowest BCUT2D eigenvalue weighted by molar-refractivity contribution is 0.171. The van der Waals surface area contributed by atoms with Gasteiger partial charge in [0.05, 0.1) is 5.69 Å². The molecule has 0 fully saturated rings. The van der Waals surface area contributed by atoms with Gasteiger partial charge in [-0.3, -0.25) is 0 Å². The van der Waals surface area contributed by atoms with E-state index in [1.54, 1.807) is 0 Å². The van der Waals surface area contributed by atoms with Crippen molar-refractivity contribution in [2.75, 3.05) is 18.5 Å². The van der Waals surface area contributed by atoms with E-state index in [2.05, 4.69) is 52.4 Å². The molecule has 0 amide bonds. The largest absolute Gasteiger partial charge is 0.486 e. The van der Waals surface area contributed by atoms with Crippen molar-refractivity contribution in [3.8, 4) is 11.5 Å². The van der Waals surface area contributed by atoms with E-state index in [1.807, 2.05) is 12.1 Å². The smallest absolute Gasteiger partial charge is 0.163 e. The Hall–Kier alpha value is -1.68. The molecule has 0 saturated carbocycles. The number of fused-ring (bicyclic) bond motifs is 1. The predicted octanol–water partition coefficient (Wildman–Crippen LogP) is 4.39. The van der Waals surface area contributed by atoms with Gasteiger partial charge in [0.25, 0.3) is 0 Å². The van der Waals surface area contributed by atoms with Crippen molar-refractivity contribution in [1.29, 1.82) is 0 Å². The Labute approximate surface area is 133 Å². The molecule has 0 bridgehead atoms. The van der Waals surface area contributed by atoms with E-state index in [-0.39, 0.29) is 0 Å². The van der Waals surface area contributed by atoms with Crippen LogP contribution < -0.4 is 14.8 Å². The minimum Gasteiger partial charge on any atom is -0.486 e. The van der Waals surface area contributed by atoms with Crippen LogP contribution in [0.4, 0.5) is 5.69 Å². The summed E-state index contributed by atoms with van der Waals surface area (Å²) in [6.07, 6.45) is 1.07. The molecule has 4 heteroatoms. The molecule has 1 aliphatic rings. The van der Waals surface area contributed by atoms with Crippen LogP contribution in [0.25, 0.3) is 0 Å². The first-order chi connectivity index (χ1) is 10.3. The maximum atomic E-state index is 5.62. The number of aryl methyl sites for hydroxylation is 1. The van der Waals surface area contributed by atoms with Gasteiger partial charge in [-0.05, 0) is 33.5 Å². The Morgan fingerprint density at radius 2 is 1.62 bits per heavy atom. The number of hydrogen-bond donors (Lipinski definition) is 1. The molecular weight excluding hydrogens is 330 g/mol. The van der Waals surface area contributed by atoms with E-state index >= 15 is 0 Å². The molecule has 1 aliphatic heterocycles. The Bertz CT molecular complexity index is 625. The predicted molar refractivity (Wildman–Crippen MR) is 88.3 cm³/mol. The molecule has 0 radical (unpaired) electrons. The molecular formula is C17H18BrNO2. The molecule has 2 aromatic carbocycles. The van der Waals surface area contributed by atoms with Crippen LogP contribution in [0.3, 0.4) is 0 Å². The standard InChI is InChI=1S/C17H18BrNO2/c1-2-12-3-5-13(6-4-12)11-19-15-10-17-16(9-14(15)18)20-7-8-21-17/h3-6,9-10,19H,2,7-8,11H2,1H3. The minimum atomic E-state index is 0.604. The van der Waals surface area contributed by atoms with Crippen LogP contribution in [-0.4, -0.2) is 13.2 Å². The van der Waals surface area contributed by atoms with Crippen molar-refractivity contribution in [3.05, 3.63) is 52.0 Å². The van der Waals surface area contributed by atoms with Crippen molar-refractivity contribution < 1.29 is 9.47 Å². The van der Waals surface area contributed by atoms with E-state index < -0.39 is 0 Å². The fraction of sp³-hybridized carbons (Fsp3) is 0.294. The van der Waals surface area contributed by atoms with Gasteiger partial charge < -0.3 is 14.8 Å². The second kappa shape index (κ2) is 6.39. The summed E-state index contributed by atoms with van der Waals surface area (Å²) in [4.78, 5) is 0. The van der Waals surface area contributed by atoms with E-state index in [1.165, 1.54) is 11.1 Å². The monoisotopic (exact) mass is 347 g/mol. The van der Waals surface area contributed by atoms with Crippen LogP contribution in [0.1, 0.15) is 18.1 Å². The zero-order valence-electron chi connectivity index (χ0n) is 12.0. The first-order valence-corrected chi connectivity index (χ1v) is 7.96. The molecule has 2 aromatic rings. The van der Waals surface area contributed by atoms with E-state index in [9.17, 15) is 0 Å². The fourth-order valence-electron chi connectivity index (χ4n) is 2.29. The number of rotatable bonds is 4. The number of nitrogens with one attached hydrogen (secondary N) is 1. The van der Waals surface area contributed by atoms with E-state index in [4.69, 9.17) is 9.47 Å². The van der Waals surface area contributed by atoms with Crippen LogP contribution in [0.5, 0.6) is 11.5 Å². The molecule has 0 saturated heterocycles. The maximum Gasteiger partial charge on any atom is 0.163 e. The summed E-state index contributed by atoms with van der Waals surface area (Å²) in [7, 11) is 0. The highest BCUT2D eigenvalue weighted by Gasteiger charge is 2.14. The second-order valence-electron chi connectivity index (χ2n) is 5.00. The Kier molecular flexibility index (Phi) is 4.34. The SMILES string of the molecule is CCc1ccc(CNc2cc3c(cc2Br)OCCO3)cc1. The molecule has 1 N–H and O–H groups in total. The van der Waals surface area contributed by atoms with Gasteiger partial charge in [-0.15, -0.1) is 0 Å². The van der Waals surface area contributed by atoms with Gasteiger partial charge in [-0.1, -0.05) is 31.2 Å². The van der Waals surface area contributed by atoms with Gasteiger partial charge in [0, 0.05) is 23.2 Å². The van der Waals surface area contributed by atoms with Crippen molar-refractivity contribution in [3.63, 3.8) is 0 Å². The van der Waals surface area contributed by atoms with Crippen LogP contribution in [0.15, 0.2) is 40.9 Å². The number of halogens is 1. The summed E-state index contributed by atoms with van der Waals surface area (Å²) in [5.74, 6) is 1.60. The zero-order valence-corrected chi connectivity index (χ0v) is 13.6. The van der Waals surface area contributed by atoms with Crippen molar-refractivity contribution in [2.45, 2.75) is 19.9 Å². The summed E-state index contributed by atoms with van der Waals surface area (Å²) in [5.41, 5.74) is 3.63. The van der Waals surface area contributed by atoms with Crippen LogP contribution in [-0.2, 0) is 13.0 Å². The number of ether oxygens (including phenoxy) is 2. The molecule has 0 spiro atoms. The first-order valence-electron chi connectivity index (χ1n) is 7.17. The van der Waals surface area contributed by atoms with Gasteiger partial charge in [-0.2, -0.15) is 0 Å². The van der Waals surface area contributed by atoms with Crippen molar-refractivity contribution in [2.24, 2.45) is 0 Å². The molecule has 21 heavy (non-hydrogen) atoms. The summed E-state index contributed by atoms with van der Waals surface area (Å²) in [6.45, 7) is 4.16. The van der Waals surface area contributed by atoms with Crippen LogP contribution >= 0.6 is 15.9 Å². The van der Waals surface area contributed by atoms with Gasteiger partial charge in [0.2, 0.25) is 0 Å². The first kappa shape index (κ1) is 14.3. The lowest BCUT2D eigenvalue weighted by Gasteiger charge is -2.20. The average Bonchev–Trinajstić information content (AvgIpc) is 2.53. The molecule has 0 atom stereocenters. The van der Waals surface area contributed by atoms with Gasteiger partial charge in [-0.25, -0.2) is 0 Å². The lowest BCUT2D eigenvalue weighted by Crippen LogP contribution is -2.15.